The maximum atomic E-state index is 13.7. The number of fused-ring (bicyclic) bond motifs is 2. The Morgan fingerprint density at radius 1 is 0.973 bits per heavy atom. The van der Waals surface area contributed by atoms with Crippen LogP contribution in [-0.2, 0) is 16.8 Å². The number of nitrogens with zero attached hydrogens (tertiary/aromatic N) is 2. The van der Waals surface area contributed by atoms with Crippen molar-refractivity contribution in [1.29, 1.82) is 0 Å². The molecular weight excluding hydrogens is 503 g/mol. The number of likely N-dealkylation sites (tertiary alicyclic amines) is 1. The molecule has 1 atom stereocenters. The number of rotatable bonds is 7. The second kappa shape index (κ2) is 11.0. The monoisotopic (exact) mass is 534 g/mol. The van der Waals surface area contributed by atoms with E-state index in [0.717, 1.165) is 49.2 Å². The van der Waals surface area contributed by atoms with Gasteiger partial charge in [-0.15, -0.1) is 0 Å². The first kappa shape index (κ1) is 26.0. The predicted octanol–water partition coefficient (Wildman–Crippen LogP) is 6.75. The maximum Gasteiger partial charge on any atom is 0.230 e. The van der Waals surface area contributed by atoms with Gasteiger partial charge in [0.25, 0.3) is 0 Å². The van der Waals surface area contributed by atoms with Crippen molar-refractivity contribution < 1.29 is 9.59 Å². The number of amides is 1. The van der Waals surface area contributed by atoms with Crippen LogP contribution < -0.4 is 0 Å². The topological polar surface area (TPSA) is 40.6 Å². The highest BCUT2D eigenvalue weighted by Crippen LogP contribution is 2.46. The fraction of sp³-hybridized carbons (Fsp3) is 0.355. The normalized spacial score (nSPS) is 17.5. The summed E-state index contributed by atoms with van der Waals surface area (Å²) >= 11 is 12.5. The minimum atomic E-state index is -0.312. The lowest BCUT2D eigenvalue weighted by Gasteiger charge is -2.40. The van der Waals surface area contributed by atoms with Gasteiger partial charge in [0.1, 0.15) is 0 Å². The van der Waals surface area contributed by atoms with Gasteiger partial charge in [0.15, 0.2) is 5.78 Å². The minimum absolute atomic E-state index is 0.0288. The van der Waals surface area contributed by atoms with E-state index in [1.807, 2.05) is 67.7 Å². The molecule has 4 nitrogen and oxygen atoms in total. The van der Waals surface area contributed by atoms with Crippen molar-refractivity contribution in [1.82, 2.24) is 9.80 Å². The Hall–Kier alpha value is -2.66. The molecule has 0 N–H and O–H groups in total. The molecule has 0 bridgehead atoms. The highest BCUT2D eigenvalue weighted by molar-refractivity contribution is 6.42. The Kier molecular flexibility index (Phi) is 7.71. The van der Waals surface area contributed by atoms with Gasteiger partial charge in [-0.25, -0.2) is 0 Å². The molecule has 1 fully saturated rings. The third-order valence-corrected chi connectivity index (χ3v) is 8.87. The Labute approximate surface area is 229 Å². The summed E-state index contributed by atoms with van der Waals surface area (Å²) in [5.41, 5.74) is 4.09. The minimum Gasteiger partial charge on any atom is -0.341 e. The number of hydrogen-bond donors (Lipinski definition) is 0. The van der Waals surface area contributed by atoms with Crippen LogP contribution in [0.2, 0.25) is 10.0 Å². The number of halogens is 2. The van der Waals surface area contributed by atoms with E-state index < -0.39 is 0 Å². The van der Waals surface area contributed by atoms with E-state index in [-0.39, 0.29) is 23.0 Å². The van der Waals surface area contributed by atoms with Crippen molar-refractivity contribution in [2.24, 2.45) is 0 Å². The van der Waals surface area contributed by atoms with Crippen molar-refractivity contribution in [2.45, 2.75) is 43.6 Å². The standard InChI is InChI=1S/C31H32Cl2N2O2/c1-34(21-22-7-3-2-4-8-22)30(37)24(23-11-12-27(32)28(33)19-23)13-16-35-17-14-31(15-18-35)20-29(36)25-9-5-6-10-26(25)31/h2-12,19,24H,13-18,20-21H2,1H3. The van der Waals surface area contributed by atoms with Crippen molar-refractivity contribution >= 4 is 34.9 Å². The first-order valence-electron chi connectivity index (χ1n) is 13.0. The lowest BCUT2D eigenvalue weighted by Crippen LogP contribution is -2.43. The van der Waals surface area contributed by atoms with E-state index in [9.17, 15) is 9.59 Å². The van der Waals surface area contributed by atoms with Crippen LogP contribution in [0.15, 0.2) is 72.8 Å². The average Bonchev–Trinajstić information content (AvgIpc) is 3.18. The van der Waals surface area contributed by atoms with Crippen LogP contribution in [0, 0.1) is 0 Å². The molecule has 0 radical (unpaired) electrons. The fourth-order valence-electron chi connectivity index (χ4n) is 6.01. The lowest BCUT2D eigenvalue weighted by atomic mass is 9.73. The Balaban J connectivity index is 1.28. The number of Topliss-reactive ketones (excluding diaryl/α,β-unsaturated/α-hetero) is 1. The summed E-state index contributed by atoms with van der Waals surface area (Å²) in [5, 5.41) is 0.953. The zero-order chi connectivity index (χ0) is 26.0. The van der Waals surface area contributed by atoms with Gasteiger partial charge in [-0.2, -0.15) is 0 Å². The van der Waals surface area contributed by atoms with Crippen LogP contribution in [0.25, 0.3) is 0 Å². The number of likely N-dealkylation sites (N-methyl/N-ethyl adjacent to an activating group) is 1. The number of carbonyl (C=O) groups excluding carboxylic acids is 2. The molecule has 1 spiro atoms. The Bertz CT molecular complexity index is 1290. The summed E-state index contributed by atoms with van der Waals surface area (Å²) in [5.74, 6) is 0.0370. The van der Waals surface area contributed by atoms with E-state index in [1.165, 1.54) is 5.56 Å². The summed E-state index contributed by atoms with van der Waals surface area (Å²) < 4.78 is 0. The van der Waals surface area contributed by atoms with E-state index >= 15 is 0 Å². The molecule has 1 heterocycles. The van der Waals surface area contributed by atoms with Gasteiger partial charge < -0.3 is 9.80 Å². The third kappa shape index (κ3) is 5.47. The Morgan fingerprint density at radius 2 is 1.68 bits per heavy atom. The summed E-state index contributed by atoms with van der Waals surface area (Å²) in [6.45, 7) is 3.20. The smallest absolute Gasteiger partial charge is 0.230 e. The molecule has 1 unspecified atom stereocenters. The zero-order valence-electron chi connectivity index (χ0n) is 21.1. The second-order valence-electron chi connectivity index (χ2n) is 10.5. The van der Waals surface area contributed by atoms with E-state index in [4.69, 9.17) is 23.2 Å². The molecule has 5 rings (SSSR count). The molecule has 0 aromatic heterocycles. The lowest BCUT2D eigenvalue weighted by molar-refractivity contribution is -0.132. The molecule has 6 heteroatoms. The average molecular weight is 536 g/mol. The van der Waals surface area contributed by atoms with Crippen LogP contribution >= 0.6 is 23.2 Å². The third-order valence-electron chi connectivity index (χ3n) is 8.13. The number of carbonyl (C=O) groups is 2. The van der Waals surface area contributed by atoms with Gasteiger partial charge >= 0.3 is 0 Å². The number of piperidine rings is 1. The molecule has 3 aromatic carbocycles. The first-order chi connectivity index (χ1) is 17.9. The number of ketones is 1. The maximum absolute atomic E-state index is 13.7. The molecule has 1 aliphatic heterocycles. The molecule has 192 valence electrons. The van der Waals surface area contributed by atoms with Gasteiger partial charge in [0.2, 0.25) is 5.91 Å². The molecule has 1 amide bonds. The van der Waals surface area contributed by atoms with E-state index in [2.05, 4.69) is 11.0 Å². The molecule has 1 saturated heterocycles. The molecule has 3 aromatic rings. The summed E-state index contributed by atoms with van der Waals surface area (Å²) in [6, 6.07) is 23.7. The van der Waals surface area contributed by atoms with Crippen molar-refractivity contribution in [2.75, 3.05) is 26.7 Å². The SMILES string of the molecule is CN(Cc1ccccc1)C(=O)C(CCN1CCC2(CC1)CC(=O)c1ccccc12)c1ccc(Cl)c(Cl)c1. The van der Waals surface area contributed by atoms with Gasteiger partial charge in [-0.1, -0.05) is 83.9 Å². The zero-order valence-corrected chi connectivity index (χ0v) is 22.6. The molecule has 2 aliphatic rings. The number of hydrogen-bond acceptors (Lipinski definition) is 3. The van der Waals surface area contributed by atoms with Gasteiger partial charge in [-0.05, 0) is 67.7 Å². The van der Waals surface area contributed by atoms with E-state index in [1.54, 1.807) is 11.0 Å². The highest BCUT2D eigenvalue weighted by atomic mass is 35.5. The van der Waals surface area contributed by atoms with Crippen LogP contribution in [0.4, 0.5) is 0 Å². The molecule has 0 saturated carbocycles. The van der Waals surface area contributed by atoms with Crippen LogP contribution in [-0.4, -0.2) is 48.2 Å². The van der Waals surface area contributed by atoms with Crippen LogP contribution in [0.1, 0.15) is 58.6 Å². The Morgan fingerprint density at radius 3 is 2.41 bits per heavy atom. The molecule has 1 aliphatic carbocycles. The first-order valence-corrected chi connectivity index (χ1v) is 13.7. The van der Waals surface area contributed by atoms with Crippen molar-refractivity contribution in [3.8, 4) is 0 Å². The predicted molar refractivity (Wildman–Crippen MR) is 149 cm³/mol. The van der Waals surface area contributed by atoms with E-state index in [0.29, 0.717) is 29.4 Å². The van der Waals surface area contributed by atoms with Crippen molar-refractivity contribution in [3.63, 3.8) is 0 Å². The largest absolute Gasteiger partial charge is 0.341 e. The summed E-state index contributed by atoms with van der Waals surface area (Å²) in [4.78, 5) is 30.6. The van der Waals surface area contributed by atoms with Gasteiger partial charge in [0.05, 0.1) is 16.0 Å². The van der Waals surface area contributed by atoms with Crippen LogP contribution in [0.3, 0.4) is 0 Å². The molecule has 37 heavy (non-hydrogen) atoms. The quantitative estimate of drug-likeness (QED) is 0.336. The second-order valence-corrected chi connectivity index (χ2v) is 11.3. The van der Waals surface area contributed by atoms with Gasteiger partial charge in [-0.3, -0.25) is 9.59 Å². The summed E-state index contributed by atoms with van der Waals surface area (Å²) in [7, 11) is 1.86. The molecular formula is C31H32Cl2N2O2. The van der Waals surface area contributed by atoms with Gasteiger partial charge in [0, 0.05) is 31.0 Å². The number of benzene rings is 3. The fourth-order valence-corrected chi connectivity index (χ4v) is 6.32. The summed E-state index contributed by atoms with van der Waals surface area (Å²) in [6.07, 6.45) is 3.25. The highest BCUT2D eigenvalue weighted by Gasteiger charge is 2.44. The van der Waals surface area contributed by atoms with Crippen LogP contribution in [0.5, 0.6) is 0 Å². The van der Waals surface area contributed by atoms with Crippen molar-refractivity contribution in [3.05, 3.63) is 105 Å².